The van der Waals surface area contributed by atoms with E-state index in [9.17, 15) is 9.90 Å². The van der Waals surface area contributed by atoms with E-state index in [1.54, 1.807) is 0 Å². The first kappa shape index (κ1) is 14.7. The molecule has 3 N–H and O–H groups in total. The summed E-state index contributed by atoms with van der Waals surface area (Å²) in [6, 6.07) is 8.01. The molecule has 1 rings (SSSR count). The highest BCUT2D eigenvalue weighted by Gasteiger charge is 2.44. The maximum Gasteiger partial charge on any atom is 0.304 e. The Morgan fingerprint density at radius 1 is 1.28 bits per heavy atom. The Labute approximate surface area is 109 Å². The van der Waals surface area contributed by atoms with Crippen molar-refractivity contribution in [1.82, 2.24) is 0 Å². The number of hydrogen-bond acceptors (Lipinski definition) is 2. The van der Waals surface area contributed by atoms with Crippen LogP contribution in [-0.4, -0.2) is 16.6 Å². The van der Waals surface area contributed by atoms with Crippen molar-refractivity contribution in [2.24, 2.45) is 5.73 Å². The van der Waals surface area contributed by atoms with Gasteiger partial charge in [0.25, 0.3) is 0 Å². The number of aliphatic carboxylic acids is 1. The van der Waals surface area contributed by atoms with Gasteiger partial charge >= 0.3 is 5.97 Å². The Morgan fingerprint density at radius 3 is 2.11 bits per heavy atom. The fourth-order valence-electron chi connectivity index (χ4n) is 2.62. The van der Waals surface area contributed by atoms with E-state index in [0.29, 0.717) is 6.42 Å². The second-order valence-electron chi connectivity index (χ2n) is 5.59. The van der Waals surface area contributed by atoms with Crippen molar-refractivity contribution < 1.29 is 9.90 Å². The van der Waals surface area contributed by atoms with Crippen LogP contribution < -0.4 is 5.73 Å². The zero-order valence-electron chi connectivity index (χ0n) is 11.7. The summed E-state index contributed by atoms with van der Waals surface area (Å²) in [4.78, 5) is 11.2. The second-order valence-corrected chi connectivity index (χ2v) is 5.59. The molecule has 0 bridgehead atoms. The molecule has 18 heavy (non-hydrogen) atoms. The van der Waals surface area contributed by atoms with Gasteiger partial charge in [-0.05, 0) is 32.8 Å². The van der Waals surface area contributed by atoms with Gasteiger partial charge in [0.05, 0.1) is 6.42 Å². The molecule has 1 aromatic rings. The van der Waals surface area contributed by atoms with Gasteiger partial charge < -0.3 is 10.8 Å². The summed E-state index contributed by atoms with van der Waals surface area (Å²) in [6.07, 6.45) is 0.752. The molecular weight excluding hydrogens is 226 g/mol. The molecule has 1 atom stereocenters. The Hall–Kier alpha value is -1.35. The number of hydrogen-bond donors (Lipinski definition) is 2. The molecule has 3 nitrogen and oxygen atoms in total. The van der Waals surface area contributed by atoms with Crippen molar-refractivity contribution in [2.45, 2.75) is 51.5 Å². The van der Waals surface area contributed by atoms with Gasteiger partial charge in [-0.25, -0.2) is 0 Å². The van der Waals surface area contributed by atoms with E-state index < -0.39 is 16.9 Å². The Kier molecular flexibility index (Phi) is 4.17. The molecule has 0 spiro atoms. The molecule has 0 radical (unpaired) electrons. The van der Waals surface area contributed by atoms with E-state index in [1.165, 1.54) is 0 Å². The van der Waals surface area contributed by atoms with Gasteiger partial charge in [0.2, 0.25) is 0 Å². The van der Waals surface area contributed by atoms with Crippen molar-refractivity contribution in [3.8, 4) is 0 Å². The van der Waals surface area contributed by atoms with Crippen LogP contribution in [0.4, 0.5) is 0 Å². The van der Waals surface area contributed by atoms with Gasteiger partial charge in [0.15, 0.2) is 0 Å². The van der Waals surface area contributed by atoms with Crippen LogP contribution in [0.1, 0.15) is 44.7 Å². The van der Waals surface area contributed by atoms with E-state index in [0.717, 1.165) is 11.1 Å². The van der Waals surface area contributed by atoms with Crippen LogP contribution in [0.5, 0.6) is 0 Å². The number of carboxylic acid groups (broad SMARTS) is 1. The summed E-state index contributed by atoms with van der Waals surface area (Å²) >= 11 is 0. The quantitative estimate of drug-likeness (QED) is 0.843. The molecule has 0 aromatic heterocycles. The maximum atomic E-state index is 11.2. The largest absolute Gasteiger partial charge is 0.481 e. The van der Waals surface area contributed by atoms with Gasteiger partial charge in [-0.1, -0.05) is 36.8 Å². The van der Waals surface area contributed by atoms with Crippen LogP contribution in [0, 0.1) is 6.92 Å². The third kappa shape index (κ3) is 2.72. The fraction of sp³-hybridized carbons (Fsp3) is 0.533. The average Bonchev–Trinajstić information content (AvgIpc) is 2.25. The highest BCUT2D eigenvalue weighted by molar-refractivity contribution is 5.69. The normalized spacial score (nSPS) is 15.2. The molecule has 0 fully saturated rings. The molecule has 0 aliphatic carbocycles. The van der Waals surface area contributed by atoms with E-state index >= 15 is 0 Å². The van der Waals surface area contributed by atoms with Crippen molar-refractivity contribution in [3.63, 3.8) is 0 Å². The predicted octanol–water partition coefficient (Wildman–Crippen LogP) is 2.85. The summed E-state index contributed by atoms with van der Waals surface area (Å²) in [5, 5.41) is 9.20. The average molecular weight is 249 g/mol. The van der Waals surface area contributed by atoms with Crippen LogP contribution in [0.2, 0.25) is 0 Å². The summed E-state index contributed by atoms with van der Waals surface area (Å²) in [5.74, 6) is -0.809. The number of carbonyl (C=O) groups is 1. The minimum Gasteiger partial charge on any atom is -0.481 e. The summed E-state index contributed by atoms with van der Waals surface area (Å²) in [7, 11) is 0. The van der Waals surface area contributed by atoms with E-state index in [4.69, 9.17) is 5.73 Å². The third-order valence-corrected chi connectivity index (χ3v) is 3.89. The van der Waals surface area contributed by atoms with Crippen LogP contribution >= 0.6 is 0 Å². The summed E-state index contributed by atoms with van der Waals surface area (Å²) < 4.78 is 0. The van der Waals surface area contributed by atoms with Gasteiger partial charge in [-0.3, -0.25) is 4.79 Å². The lowest BCUT2D eigenvalue weighted by molar-refractivity contribution is -0.139. The zero-order chi connectivity index (χ0) is 14.0. The van der Waals surface area contributed by atoms with Crippen molar-refractivity contribution in [2.75, 3.05) is 0 Å². The van der Waals surface area contributed by atoms with Crippen LogP contribution in [0.25, 0.3) is 0 Å². The van der Waals surface area contributed by atoms with Crippen molar-refractivity contribution >= 4 is 5.97 Å². The molecule has 1 unspecified atom stereocenters. The molecule has 0 aliphatic rings. The summed E-state index contributed by atoms with van der Waals surface area (Å²) in [5.41, 5.74) is 7.32. The van der Waals surface area contributed by atoms with E-state index in [2.05, 4.69) is 0 Å². The fourth-order valence-corrected chi connectivity index (χ4v) is 2.62. The third-order valence-electron chi connectivity index (χ3n) is 3.89. The molecular formula is C15H23NO2. The number of rotatable bonds is 5. The molecule has 100 valence electrons. The van der Waals surface area contributed by atoms with Crippen LogP contribution in [0.15, 0.2) is 24.3 Å². The molecule has 0 saturated heterocycles. The number of nitrogens with two attached hydrogens (primary N) is 1. The minimum atomic E-state index is -0.809. The van der Waals surface area contributed by atoms with Gasteiger partial charge in [0, 0.05) is 11.0 Å². The molecule has 0 saturated carbocycles. The van der Waals surface area contributed by atoms with Gasteiger partial charge in [-0.2, -0.15) is 0 Å². The standard InChI is InChI=1S/C15H23NO2/c1-5-15(10-13(17)18,14(3,4)16)12-8-6-11(2)7-9-12/h6-9H,5,10,16H2,1-4H3,(H,17,18). The lowest BCUT2D eigenvalue weighted by atomic mass is 9.63. The number of carboxylic acids is 1. The highest BCUT2D eigenvalue weighted by Crippen LogP contribution is 2.40. The van der Waals surface area contributed by atoms with Crippen molar-refractivity contribution in [1.29, 1.82) is 0 Å². The SMILES string of the molecule is CCC(CC(=O)O)(c1ccc(C)cc1)C(C)(C)N. The number of aryl methyl sites for hydroxylation is 1. The number of benzene rings is 1. The maximum absolute atomic E-state index is 11.2. The monoisotopic (exact) mass is 249 g/mol. The second kappa shape index (κ2) is 5.11. The van der Waals surface area contributed by atoms with Gasteiger partial charge in [0.1, 0.15) is 0 Å². The first-order valence-corrected chi connectivity index (χ1v) is 6.31. The highest BCUT2D eigenvalue weighted by atomic mass is 16.4. The van der Waals surface area contributed by atoms with E-state index in [-0.39, 0.29) is 6.42 Å². The predicted molar refractivity (Wildman–Crippen MR) is 73.7 cm³/mol. The van der Waals surface area contributed by atoms with Crippen molar-refractivity contribution in [3.05, 3.63) is 35.4 Å². The van der Waals surface area contributed by atoms with Crippen LogP contribution in [0.3, 0.4) is 0 Å². The minimum absolute atomic E-state index is 0.0516. The first-order valence-electron chi connectivity index (χ1n) is 6.31. The first-order chi connectivity index (χ1) is 8.23. The Balaban J connectivity index is 3.34. The summed E-state index contributed by atoms with van der Waals surface area (Å²) in [6.45, 7) is 7.82. The smallest absolute Gasteiger partial charge is 0.304 e. The molecule has 0 heterocycles. The lowest BCUT2D eigenvalue weighted by Gasteiger charge is -2.44. The Morgan fingerprint density at radius 2 is 1.78 bits per heavy atom. The van der Waals surface area contributed by atoms with Crippen LogP contribution in [-0.2, 0) is 10.2 Å². The van der Waals surface area contributed by atoms with Gasteiger partial charge in [-0.15, -0.1) is 0 Å². The molecule has 0 amide bonds. The molecule has 3 heteroatoms. The lowest BCUT2D eigenvalue weighted by Crippen LogP contribution is -2.54. The van der Waals surface area contributed by atoms with E-state index in [1.807, 2.05) is 52.0 Å². The zero-order valence-corrected chi connectivity index (χ0v) is 11.7. The topological polar surface area (TPSA) is 63.3 Å². The molecule has 0 aliphatic heterocycles. The Bertz CT molecular complexity index is 417. The molecule has 1 aromatic carbocycles.